The Morgan fingerprint density at radius 2 is 1.74 bits per heavy atom. The first-order chi connectivity index (χ1) is 18.3. The quantitative estimate of drug-likeness (QED) is 0.414. The molecule has 3 aromatic carbocycles. The molecule has 0 bridgehead atoms. The summed E-state index contributed by atoms with van der Waals surface area (Å²) in [6.07, 6.45) is 1.98. The van der Waals surface area contributed by atoms with Crippen LogP contribution >= 0.6 is 0 Å². The molecule has 1 atom stereocenters. The van der Waals surface area contributed by atoms with Gasteiger partial charge < -0.3 is 10.5 Å². The Balaban J connectivity index is 1.62. The number of ketones is 1. The Hall–Kier alpha value is -4.30. The Kier molecular flexibility index (Phi) is 6.82. The Bertz CT molecular complexity index is 1520. The van der Waals surface area contributed by atoms with Crippen LogP contribution < -0.4 is 15.4 Å². The number of hydrogen-bond acceptors (Lipinski definition) is 5. The average molecular weight is 504 g/mol. The van der Waals surface area contributed by atoms with E-state index in [4.69, 9.17) is 10.5 Å². The van der Waals surface area contributed by atoms with Gasteiger partial charge in [0.25, 0.3) is 0 Å². The molecule has 192 valence electrons. The van der Waals surface area contributed by atoms with Crippen LogP contribution in [0.1, 0.15) is 58.6 Å². The van der Waals surface area contributed by atoms with Crippen molar-refractivity contribution in [2.75, 3.05) is 4.90 Å². The van der Waals surface area contributed by atoms with Crippen LogP contribution in [0.25, 0.3) is 0 Å². The fraction of sp³-hybridized carbons (Fsp3) is 0.273. The van der Waals surface area contributed by atoms with Crippen molar-refractivity contribution in [3.05, 3.63) is 117 Å². The van der Waals surface area contributed by atoms with Gasteiger partial charge in [0.1, 0.15) is 18.2 Å². The van der Waals surface area contributed by atoms with Crippen LogP contribution in [0.3, 0.4) is 0 Å². The molecule has 1 aliphatic carbocycles. The number of Topliss-reactive ketones (excluding diaryl/α,β-unsaturated/α-hetero) is 1. The highest BCUT2D eigenvalue weighted by molar-refractivity contribution is 6.01. The van der Waals surface area contributed by atoms with Gasteiger partial charge in [0.05, 0.1) is 17.6 Å². The zero-order chi connectivity index (χ0) is 27.0. The minimum Gasteiger partial charge on any atom is -0.489 e. The lowest BCUT2D eigenvalue weighted by Gasteiger charge is -2.40. The van der Waals surface area contributed by atoms with Crippen LogP contribution in [0, 0.1) is 39.0 Å². The van der Waals surface area contributed by atoms with Gasteiger partial charge in [-0.1, -0.05) is 42.0 Å². The fourth-order valence-electron chi connectivity index (χ4n) is 5.64. The summed E-state index contributed by atoms with van der Waals surface area (Å²) in [7, 11) is 0. The molecule has 0 saturated heterocycles. The van der Waals surface area contributed by atoms with Crippen LogP contribution in [-0.2, 0) is 11.4 Å². The maximum Gasteiger partial charge on any atom is 0.161 e. The van der Waals surface area contributed by atoms with Crippen molar-refractivity contribution < 1.29 is 9.53 Å². The highest BCUT2D eigenvalue weighted by Crippen LogP contribution is 2.47. The van der Waals surface area contributed by atoms with Crippen LogP contribution in [0.2, 0.25) is 0 Å². The molecular weight excluding hydrogens is 470 g/mol. The summed E-state index contributed by atoms with van der Waals surface area (Å²) in [5.74, 6) is 0.793. The van der Waals surface area contributed by atoms with Gasteiger partial charge in [-0.2, -0.15) is 5.26 Å². The molecule has 5 heteroatoms. The predicted octanol–water partition coefficient (Wildman–Crippen LogP) is 6.80. The van der Waals surface area contributed by atoms with Crippen molar-refractivity contribution in [2.24, 2.45) is 5.73 Å². The Labute approximate surface area is 224 Å². The second-order valence-corrected chi connectivity index (χ2v) is 10.4. The molecule has 1 heterocycles. The maximum absolute atomic E-state index is 13.5. The molecular formula is C33H33N3O2. The van der Waals surface area contributed by atoms with E-state index in [0.29, 0.717) is 30.0 Å². The third-order valence-electron chi connectivity index (χ3n) is 7.62. The molecule has 2 N–H and O–H groups in total. The zero-order valence-corrected chi connectivity index (χ0v) is 22.5. The van der Waals surface area contributed by atoms with Gasteiger partial charge in [-0.15, -0.1) is 0 Å². The topological polar surface area (TPSA) is 79.3 Å². The van der Waals surface area contributed by atoms with Gasteiger partial charge in [0.2, 0.25) is 0 Å². The lowest BCUT2D eigenvalue weighted by Crippen LogP contribution is -2.39. The number of benzene rings is 3. The molecule has 0 amide bonds. The van der Waals surface area contributed by atoms with E-state index in [1.54, 1.807) is 0 Å². The van der Waals surface area contributed by atoms with E-state index in [1.807, 2.05) is 74.2 Å². The molecule has 3 aromatic rings. The number of nitrogens with zero attached hydrogens (tertiary/aromatic N) is 2. The average Bonchev–Trinajstić information content (AvgIpc) is 2.89. The minimum absolute atomic E-state index is 0.0894. The van der Waals surface area contributed by atoms with E-state index in [-0.39, 0.29) is 5.78 Å². The smallest absolute Gasteiger partial charge is 0.161 e. The fourth-order valence-corrected chi connectivity index (χ4v) is 5.64. The summed E-state index contributed by atoms with van der Waals surface area (Å²) in [6, 6.07) is 22.6. The first-order valence-corrected chi connectivity index (χ1v) is 13.1. The number of nitriles is 1. The minimum atomic E-state index is -0.498. The summed E-state index contributed by atoms with van der Waals surface area (Å²) in [5, 5.41) is 10.4. The Morgan fingerprint density at radius 3 is 2.45 bits per heavy atom. The standard InChI is InChI=1S/C33H33N3O2/c1-20-11-13-26(14-12-20)38-19-24-17-27(23(4)16-22(24)3)31-28(18-34)33(35)36(25-8-5-7-21(2)15-25)29-9-6-10-30(37)32(29)31/h5,7-8,11-17,31H,6,9-10,19,35H2,1-4H3. The molecule has 5 rings (SSSR count). The van der Waals surface area contributed by atoms with E-state index in [0.717, 1.165) is 57.8 Å². The molecule has 1 aliphatic heterocycles. The van der Waals surface area contributed by atoms with Gasteiger partial charge >= 0.3 is 0 Å². The molecule has 0 spiro atoms. The molecule has 0 radical (unpaired) electrons. The van der Waals surface area contributed by atoms with Crippen LogP contribution in [0.5, 0.6) is 5.75 Å². The molecule has 5 nitrogen and oxygen atoms in total. The third kappa shape index (κ3) is 4.59. The van der Waals surface area contributed by atoms with Gasteiger partial charge in [-0.25, -0.2) is 0 Å². The highest BCUT2D eigenvalue weighted by atomic mass is 16.5. The van der Waals surface area contributed by atoms with Crippen molar-refractivity contribution >= 4 is 11.5 Å². The summed E-state index contributed by atoms with van der Waals surface area (Å²) < 4.78 is 6.11. The number of aryl methyl sites for hydroxylation is 4. The molecule has 0 fully saturated rings. The maximum atomic E-state index is 13.5. The van der Waals surface area contributed by atoms with Crippen molar-refractivity contribution in [3.63, 3.8) is 0 Å². The number of anilines is 1. The van der Waals surface area contributed by atoms with Crippen molar-refractivity contribution in [1.82, 2.24) is 0 Å². The molecule has 2 aliphatic rings. The Morgan fingerprint density at radius 1 is 0.974 bits per heavy atom. The number of carbonyl (C=O) groups excluding carboxylic acids is 1. The van der Waals surface area contributed by atoms with E-state index in [2.05, 4.69) is 25.1 Å². The summed E-state index contributed by atoms with van der Waals surface area (Å²) in [5.41, 5.74) is 16.0. The number of allylic oxidation sites excluding steroid dienone is 3. The number of carbonyl (C=O) groups is 1. The van der Waals surface area contributed by atoms with E-state index in [1.165, 1.54) is 5.56 Å². The predicted molar refractivity (Wildman–Crippen MR) is 151 cm³/mol. The number of rotatable bonds is 5. The lowest BCUT2D eigenvalue weighted by molar-refractivity contribution is -0.116. The van der Waals surface area contributed by atoms with Gasteiger partial charge in [-0.05, 0) is 92.6 Å². The second-order valence-electron chi connectivity index (χ2n) is 10.4. The number of ether oxygens (including phenoxy) is 1. The highest BCUT2D eigenvalue weighted by Gasteiger charge is 2.41. The van der Waals surface area contributed by atoms with Gasteiger partial charge in [-0.3, -0.25) is 9.69 Å². The number of nitrogens with two attached hydrogens (primary N) is 1. The molecule has 0 saturated carbocycles. The van der Waals surface area contributed by atoms with E-state index >= 15 is 0 Å². The van der Waals surface area contributed by atoms with E-state index in [9.17, 15) is 10.1 Å². The van der Waals surface area contributed by atoms with Gasteiger partial charge in [0.15, 0.2) is 5.78 Å². The molecule has 0 aromatic heterocycles. The van der Waals surface area contributed by atoms with Gasteiger partial charge in [0, 0.05) is 23.4 Å². The normalized spacial score (nSPS) is 17.4. The SMILES string of the molecule is Cc1ccc(OCc2cc(C3C(C#N)=C(N)N(c4cccc(C)c4)C4=C3C(=O)CCC4)c(C)cc2C)cc1. The van der Waals surface area contributed by atoms with E-state index < -0.39 is 5.92 Å². The monoisotopic (exact) mass is 503 g/mol. The largest absolute Gasteiger partial charge is 0.489 e. The molecule has 1 unspecified atom stereocenters. The second kappa shape index (κ2) is 10.2. The zero-order valence-electron chi connectivity index (χ0n) is 22.5. The lowest BCUT2D eigenvalue weighted by atomic mass is 9.74. The first kappa shape index (κ1) is 25.4. The summed E-state index contributed by atoms with van der Waals surface area (Å²) in [6.45, 7) is 8.57. The van der Waals surface area contributed by atoms with Crippen molar-refractivity contribution in [3.8, 4) is 11.8 Å². The number of hydrogen-bond donors (Lipinski definition) is 1. The summed E-state index contributed by atoms with van der Waals surface area (Å²) in [4.78, 5) is 15.5. The van der Waals surface area contributed by atoms with Crippen molar-refractivity contribution in [2.45, 2.75) is 59.5 Å². The summed E-state index contributed by atoms with van der Waals surface area (Å²) >= 11 is 0. The van der Waals surface area contributed by atoms with Crippen LogP contribution in [-0.4, -0.2) is 5.78 Å². The van der Waals surface area contributed by atoms with Crippen LogP contribution in [0.15, 0.2) is 83.3 Å². The molecule has 38 heavy (non-hydrogen) atoms. The first-order valence-electron chi connectivity index (χ1n) is 13.1. The third-order valence-corrected chi connectivity index (χ3v) is 7.62. The van der Waals surface area contributed by atoms with Crippen molar-refractivity contribution in [1.29, 1.82) is 5.26 Å². The van der Waals surface area contributed by atoms with Crippen LogP contribution in [0.4, 0.5) is 5.69 Å².